The van der Waals surface area contributed by atoms with Gasteiger partial charge >= 0.3 is 6.18 Å². The Morgan fingerprint density at radius 1 is 1.25 bits per heavy atom. The van der Waals surface area contributed by atoms with Crippen LogP contribution in [0.4, 0.5) is 13.2 Å². The zero-order valence-corrected chi connectivity index (χ0v) is 10.8. The summed E-state index contributed by atoms with van der Waals surface area (Å²) in [5.41, 5.74) is 1.56. The number of halogens is 3. The molecular weight excluding hydrogens is 273 g/mol. The smallest absolute Gasteiger partial charge is 0.383 e. The van der Waals surface area contributed by atoms with E-state index in [0.29, 0.717) is 5.56 Å². The van der Waals surface area contributed by atoms with Crippen molar-refractivity contribution in [1.82, 2.24) is 10.1 Å². The van der Waals surface area contributed by atoms with E-state index in [4.69, 9.17) is 4.52 Å². The Balaban J connectivity index is 2.28. The van der Waals surface area contributed by atoms with Gasteiger partial charge < -0.3 is 9.63 Å². The molecule has 1 aromatic heterocycles. The maximum absolute atomic E-state index is 12.4. The molecular formula is C13H13F3N2O2. The van der Waals surface area contributed by atoms with Crippen molar-refractivity contribution in [3.63, 3.8) is 0 Å². The summed E-state index contributed by atoms with van der Waals surface area (Å²) in [5, 5.41) is 12.9. The van der Waals surface area contributed by atoms with Crippen LogP contribution < -0.4 is 0 Å². The van der Waals surface area contributed by atoms with E-state index < -0.39 is 18.2 Å². The number of nitrogens with zero attached hydrogens (tertiary/aromatic N) is 2. The van der Waals surface area contributed by atoms with E-state index >= 15 is 0 Å². The average Bonchev–Trinajstić information content (AvgIpc) is 2.86. The monoisotopic (exact) mass is 286 g/mol. The summed E-state index contributed by atoms with van der Waals surface area (Å²) >= 11 is 0. The van der Waals surface area contributed by atoms with Crippen LogP contribution in [0.5, 0.6) is 0 Å². The first-order chi connectivity index (χ1) is 9.30. The Kier molecular flexibility index (Phi) is 3.80. The number of rotatable bonds is 3. The molecule has 1 aromatic carbocycles. The third kappa shape index (κ3) is 2.82. The number of aryl methyl sites for hydroxylation is 1. The quantitative estimate of drug-likeness (QED) is 0.942. The van der Waals surface area contributed by atoms with Gasteiger partial charge in [-0.2, -0.15) is 18.2 Å². The molecule has 4 nitrogen and oxygen atoms in total. The maximum Gasteiger partial charge on any atom is 0.415 e. The molecule has 2 unspecified atom stereocenters. The van der Waals surface area contributed by atoms with Crippen LogP contribution in [0.3, 0.4) is 0 Å². The highest BCUT2D eigenvalue weighted by atomic mass is 19.4. The second kappa shape index (κ2) is 5.24. The van der Waals surface area contributed by atoms with E-state index in [2.05, 4.69) is 10.1 Å². The molecule has 2 atom stereocenters. The van der Waals surface area contributed by atoms with Crippen LogP contribution >= 0.6 is 0 Å². The lowest BCUT2D eigenvalue weighted by Gasteiger charge is -2.17. The molecule has 1 N–H and O–H groups in total. The van der Waals surface area contributed by atoms with Gasteiger partial charge in [0.2, 0.25) is 11.7 Å². The minimum atomic E-state index is -4.73. The minimum absolute atomic E-state index is 0.208. The second-order valence-electron chi connectivity index (χ2n) is 4.55. The normalized spacial score (nSPS) is 15.1. The predicted octanol–water partition coefficient (Wildman–Crippen LogP) is 3.07. The molecule has 0 radical (unpaired) electrons. The van der Waals surface area contributed by atoms with Crippen LogP contribution in [-0.2, 0) is 0 Å². The summed E-state index contributed by atoms with van der Waals surface area (Å²) in [7, 11) is 0. The lowest BCUT2D eigenvalue weighted by Crippen LogP contribution is -2.33. The summed E-state index contributed by atoms with van der Waals surface area (Å²) in [5.74, 6) is -1.35. The van der Waals surface area contributed by atoms with Gasteiger partial charge in [0.05, 0.1) is 5.92 Å². The summed E-state index contributed by atoms with van der Waals surface area (Å²) in [4.78, 5) is 3.94. The minimum Gasteiger partial charge on any atom is -0.383 e. The Morgan fingerprint density at radius 3 is 2.50 bits per heavy atom. The van der Waals surface area contributed by atoms with Gasteiger partial charge in [-0.3, -0.25) is 0 Å². The van der Waals surface area contributed by atoms with Gasteiger partial charge in [-0.1, -0.05) is 36.3 Å². The Morgan fingerprint density at radius 2 is 1.90 bits per heavy atom. The molecule has 20 heavy (non-hydrogen) atoms. The lowest BCUT2D eigenvalue weighted by molar-refractivity contribution is -0.210. The molecule has 0 aliphatic rings. The van der Waals surface area contributed by atoms with Gasteiger partial charge in [0.15, 0.2) is 6.10 Å². The Labute approximate surface area is 113 Å². The van der Waals surface area contributed by atoms with Gasteiger partial charge in [0, 0.05) is 5.56 Å². The van der Waals surface area contributed by atoms with Crippen LogP contribution in [0.15, 0.2) is 28.8 Å². The molecule has 0 saturated carbocycles. The standard InChI is InChI=1S/C13H13F3N2O2/c1-7-5-3-4-6-9(7)11-17-12(20-18-11)8(2)10(19)13(14,15)16/h3-6,8,10,19H,1-2H3. The number of aromatic nitrogens is 2. The van der Waals surface area contributed by atoms with Gasteiger partial charge in [0.1, 0.15) is 0 Å². The third-order valence-corrected chi connectivity index (χ3v) is 3.03. The second-order valence-corrected chi connectivity index (χ2v) is 4.55. The lowest BCUT2D eigenvalue weighted by atomic mass is 10.0. The number of benzene rings is 1. The third-order valence-electron chi connectivity index (χ3n) is 3.03. The first-order valence-corrected chi connectivity index (χ1v) is 5.95. The number of aliphatic hydroxyl groups is 1. The summed E-state index contributed by atoms with van der Waals surface area (Å²) < 4.78 is 42.1. The molecule has 2 rings (SSSR count). The van der Waals surface area contributed by atoms with E-state index in [1.807, 2.05) is 19.1 Å². The van der Waals surface area contributed by atoms with Crippen molar-refractivity contribution in [2.24, 2.45) is 0 Å². The molecule has 0 aliphatic heterocycles. The molecule has 0 bridgehead atoms. The topological polar surface area (TPSA) is 59.2 Å². The van der Waals surface area contributed by atoms with Crippen LogP contribution in [0, 0.1) is 6.92 Å². The highest BCUT2D eigenvalue weighted by molar-refractivity contribution is 5.58. The van der Waals surface area contributed by atoms with Crippen molar-refractivity contribution >= 4 is 0 Å². The predicted molar refractivity (Wildman–Crippen MR) is 64.9 cm³/mol. The molecule has 108 valence electrons. The fourth-order valence-electron chi connectivity index (χ4n) is 1.77. The molecule has 2 aromatic rings. The average molecular weight is 286 g/mol. The van der Waals surface area contributed by atoms with Crippen molar-refractivity contribution in [3.8, 4) is 11.4 Å². The molecule has 7 heteroatoms. The first kappa shape index (κ1) is 14.5. The maximum atomic E-state index is 12.4. The number of aliphatic hydroxyl groups excluding tert-OH is 1. The summed E-state index contributed by atoms with van der Waals surface area (Å²) in [6, 6.07) is 7.18. The Bertz CT molecular complexity index is 595. The molecule has 0 spiro atoms. The fourth-order valence-corrected chi connectivity index (χ4v) is 1.77. The largest absolute Gasteiger partial charge is 0.415 e. The van der Waals surface area contributed by atoms with Crippen molar-refractivity contribution < 1.29 is 22.8 Å². The van der Waals surface area contributed by atoms with Gasteiger partial charge in [-0.05, 0) is 12.5 Å². The van der Waals surface area contributed by atoms with Crippen LogP contribution in [-0.4, -0.2) is 27.5 Å². The highest BCUT2D eigenvalue weighted by Crippen LogP contribution is 2.31. The molecule has 1 heterocycles. The van der Waals surface area contributed by atoms with E-state index in [9.17, 15) is 18.3 Å². The summed E-state index contributed by atoms with van der Waals surface area (Å²) in [6.45, 7) is 3.02. The van der Waals surface area contributed by atoms with Crippen molar-refractivity contribution in [2.45, 2.75) is 32.0 Å². The van der Waals surface area contributed by atoms with E-state index in [1.54, 1.807) is 12.1 Å². The highest BCUT2D eigenvalue weighted by Gasteiger charge is 2.44. The van der Waals surface area contributed by atoms with Crippen molar-refractivity contribution in [2.75, 3.05) is 0 Å². The van der Waals surface area contributed by atoms with E-state index in [1.165, 1.54) is 6.92 Å². The fraction of sp³-hybridized carbons (Fsp3) is 0.385. The SMILES string of the molecule is Cc1ccccc1-c1noc(C(C)C(O)C(F)(F)F)n1. The van der Waals surface area contributed by atoms with Gasteiger partial charge in [0.25, 0.3) is 0 Å². The molecule has 0 fully saturated rings. The number of hydrogen-bond donors (Lipinski definition) is 1. The molecule has 0 saturated heterocycles. The van der Waals surface area contributed by atoms with E-state index in [0.717, 1.165) is 5.56 Å². The number of alkyl halides is 3. The van der Waals surface area contributed by atoms with Crippen molar-refractivity contribution in [1.29, 1.82) is 0 Å². The van der Waals surface area contributed by atoms with Crippen LogP contribution in [0.25, 0.3) is 11.4 Å². The zero-order chi connectivity index (χ0) is 14.9. The summed E-state index contributed by atoms with van der Waals surface area (Å²) in [6.07, 6.45) is -7.26. The first-order valence-electron chi connectivity index (χ1n) is 5.95. The van der Waals surface area contributed by atoms with Crippen LogP contribution in [0.2, 0.25) is 0 Å². The molecule has 0 aliphatic carbocycles. The van der Waals surface area contributed by atoms with E-state index in [-0.39, 0.29) is 11.7 Å². The zero-order valence-electron chi connectivity index (χ0n) is 10.8. The van der Waals surface area contributed by atoms with Gasteiger partial charge in [-0.25, -0.2) is 0 Å². The van der Waals surface area contributed by atoms with Crippen molar-refractivity contribution in [3.05, 3.63) is 35.7 Å². The van der Waals surface area contributed by atoms with Gasteiger partial charge in [-0.15, -0.1) is 0 Å². The van der Waals surface area contributed by atoms with Crippen LogP contribution in [0.1, 0.15) is 24.3 Å². The molecule has 0 amide bonds. The number of hydrogen-bond acceptors (Lipinski definition) is 4. The Hall–Kier alpha value is -1.89.